The summed E-state index contributed by atoms with van der Waals surface area (Å²) in [7, 11) is 1.50. The SMILES string of the molecule is C=C\C=C/C=C(C)/C(C=C)=C/C=C(\C)C(=C)c1ccccc1C.CN. The zero-order chi connectivity index (χ0) is 19.2. The van der Waals surface area contributed by atoms with Crippen molar-refractivity contribution in [2.75, 3.05) is 7.05 Å². The van der Waals surface area contributed by atoms with Crippen molar-refractivity contribution in [3.63, 3.8) is 0 Å². The van der Waals surface area contributed by atoms with Crippen LogP contribution in [-0.2, 0) is 0 Å². The van der Waals surface area contributed by atoms with Crippen LogP contribution in [0.4, 0.5) is 0 Å². The highest BCUT2D eigenvalue weighted by Gasteiger charge is 2.03. The number of rotatable bonds is 7. The molecule has 132 valence electrons. The third-order valence-electron chi connectivity index (χ3n) is 3.73. The Morgan fingerprint density at radius 2 is 1.56 bits per heavy atom. The van der Waals surface area contributed by atoms with Crippen LogP contribution in [-0.4, -0.2) is 7.05 Å². The molecule has 0 bridgehead atoms. The lowest BCUT2D eigenvalue weighted by Crippen LogP contribution is -1.89. The second kappa shape index (κ2) is 12.7. The van der Waals surface area contributed by atoms with E-state index in [1.165, 1.54) is 18.2 Å². The molecule has 0 radical (unpaired) electrons. The molecule has 0 unspecified atom stereocenters. The van der Waals surface area contributed by atoms with Crippen LogP contribution in [0, 0.1) is 6.92 Å². The monoisotopic (exact) mass is 333 g/mol. The van der Waals surface area contributed by atoms with Crippen LogP contribution in [0.2, 0.25) is 0 Å². The molecule has 0 aliphatic rings. The van der Waals surface area contributed by atoms with Gasteiger partial charge in [-0.15, -0.1) is 0 Å². The van der Waals surface area contributed by atoms with E-state index >= 15 is 0 Å². The molecule has 0 spiro atoms. The second-order valence-corrected chi connectivity index (χ2v) is 5.44. The first-order valence-electron chi connectivity index (χ1n) is 8.31. The number of hydrogen-bond acceptors (Lipinski definition) is 1. The Hall–Kier alpha value is -2.64. The highest BCUT2D eigenvalue weighted by atomic mass is 14.4. The molecule has 2 N–H and O–H groups in total. The Kier molecular flexibility index (Phi) is 11.4. The molecule has 0 atom stereocenters. The van der Waals surface area contributed by atoms with E-state index in [9.17, 15) is 0 Å². The van der Waals surface area contributed by atoms with Gasteiger partial charge in [0, 0.05) is 0 Å². The first-order chi connectivity index (χ1) is 12.0. The van der Waals surface area contributed by atoms with E-state index in [0.717, 1.165) is 22.3 Å². The van der Waals surface area contributed by atoms with Gasteiger partial charge in [-0.05, 0) is 61.2 Å². The average Bonchev–Trinajstić information content (AvgIpc) is 2.63. The molecule has 25 heavy (non-hydrogen) atoms. The first kappa shape index (κ1) is 22.4. The van der Waals surface area contributed by atoms with Gasteiger partial charge in [-0.2, -0.15) is 0 Å². The van der Waals surface area contributed by atoms with Gasteiger partial charge in [0.25, 0.3) is 0 Å². The van der Waals surface area contributed by atoms with Gasteiger partial charge in [0.05, 0.1) is 0 Å². The van der Waals surface area contributed by atoms with Crippen molar-refractivity contribution >= 4 is 5.57 Å². The van der Waals surface area contributed by atoms with Crippen LogP contribution < -0.4 is 5.73 Å². The topological polar surface area (TPSA) is 26.0 Å². The molecule has 0 amide bonds. The minimum absolute atomic E-state index is 1.05. The number of benzene rings is 1. The highest BCUT2D eigenvalue weighted by Crippen LogP contribution is 2.24. The maximum absolute atomic E-state index is 4.50. The van der Waals surface area contributed by atoms with E-state index in [1.54, 1.807) is 6.08 Å². The van der Waals surface area contributed by atoms with Gasteiger partial charge in [0.2, 0.25) is 0 Å². The number of nitrogens with two attached hydrogens (primary N) is 1. The first-order valence-corrected chi connectivity index (χ1v) is 8.31. The third kappa shape index (κ3) is 7.65. The van der Waals surface area contributed by atoms with E-state index in [4.69, 9.17) is 0 Å². The zero-order valence-corrected chi connectivity index (χ0v) is 16.0. The maximum atomic E-state index is 4.50. The molecule has 0 aliphatic carbocycles. The van der Waals surface area contributed by atoms with Crippen molar-refractivity contribution in [2.24, 2.45) is 5.73 Å². The fourth-order valence-electron chi connectivity index (χ4n) is 2.17. The molecule has 0 aromatic heterocycles. The smallest absolute Gasteiger partial charge is 0.0158 e. The summed E-state index contributed by atoms with van der Waals surface area (Å²) >= 11 is 0. The molecule has 1 aromatic carbocycles. The van der Waals surface area contributed by atoms with Crippen molar-refractivity contribution in [3.05, 3.63) is 114 Å². The van der Waals surface area contributed by atoms with Gasteiger partial charge in [0.1, 0.15) is 0 Å². The summed E-state index contributed by atoms with van der Waals surface area (Å²) in [6.07, 6.45) is 13.7. The van der Waals surface area contributed by atoms with Crippen LogP contribution in [0.5, 0.6) is 0 Å². The van der Waals surface area contributed by atoms with E-state index in [0.29, 0.717) is 0 Å². The van der Waals surface area contributed by atoms with Gasteiger partial charge in [-0.25, -0.2) is 0 Å². The molecule has 0 fully saturated rings. The van der Waals surface area contributed by atoms with Gasteiger partial charge < -0.3 is 5.73 Å². The van der Waals surface area contributed by atoms with Crippen molar-refractivity contribution < 1.29 is 0 Å². The Morgan fingerprint density at radius 3 is 2.12 bits per heavy atom. The van der Waals surface area contributed by atoms with Crippen LogP contribution in [0.1, 0.15) is 25.0 Å². The lowest BCUT2D eigenvalue weighted by Gasteiger charge is -2.09. The minimum atomic E-state index is 1.05. The van der Waals surface area contributed by atoms with Crippen LogP contribution in [0.25, 0.3) is 5.57 Å². The second-order valence-electron chi connectivity index (χ2n) is 5.44. The number of hydrogen-bond donors (Lipinski definition) is 1. The molecule has 0 aliphatic heterocycles. The molecular formula is C24H31N. The third-order valence-corrected chi connectivity index (χ3v) is 3.73. The van der Waals surface area contributed by atoms with Gasteiger partial charge in [0.15, 0.2) is 0 Å². The Bertz CT molecular complexity index is 709. The Morgan fingerprint density at radius 1 is 0.920 bits per heavy atom. The van der Waals surface area contributed by atoms with Crippen LogP contribution in [0.15, 0.2) is 103 Å². The average molecular weight is 334 g/mol. The fraction of sp³-hybridized carbons (Fsp3) is 0.167. The van der Waals surface area contributed by atoms with Gasteiger partial charge in [-0.3, -0.25) is 0 Å². The lowest BCUT2D eigenvalue weighted by atomic mass is 9.96. The summed E-state index contributed by atoms with van der Waals surface area (Å²) in [5.74, 6) is 0. The summed E-state index contributed by atoms with van der Waals surface area (Å²) in [6, 6.07) is 8.31. The highest BCUT2D eigenvalue weighted by molar-refractivity contribution is 5.78. The molecule has 1 aromatic rings. The van der Waals surface area contributed by atoms with Crippen molar-refractivity contribution in [1.29, 1.82) is 0 Å². The Balaban J connectivity index is 0.00000277. The summed E-state index contributed by atoms with van der Waals surface area (Å²) in [5.41, 5.74) is 11.4. The van der Waals surface area contributed by atoms with E-state index in [1.807, 2.05) is 30.4 Å². The molecular weight excluding hydrogens is 302 g/mol. The molecule has 0 heterocycles. The standard InChI is InChI=1S/C23H26.CH5N/c1-7-9-10-13-19(4)22(8-2)17-16-18(3)21(6)23-15-12-11-14-20(23)5;1-2/h7-17H,1-2,6H2,3-5H3;2H2,1H3/b10-9-,18-16+,19-13+,22-17+;. The largest absolute Gasteiger partial charge is 0.333 e. The minimum Gasteiger partial charge on any atom is -0.333 e. The molecule has 1 heteroatoms. The van der Waals surface area contributed by atoms with E-state index in [-0.39, 0.29) is 0 Å². The molecule has 0 saturated carbocycles. The quantitative estimate of drug-likeness (QED) is 0.580. The van der Waals surface area contributed by atoms with Crippen molar-refractivity contribution in [3.8, 4) is 0 Å². The summed E-state index contributed by atoms with van der Waals surface area (Å²) in [4.78, 5) is 0. The lowest BCUT2D eigenvalue weighted by molar-refractivity contribution is 1.39. The van der Waals surface area contributed by atoms with Gasteiger partial charge in [-0.1, -0.05) is 86.5 Å². The summed E-state index contributed by atoms with van der Waals surface area (Å²) in [5, 5.41) is 0. The summed E-state index contributed by atoms with van der Waals surface area (Å²) in [6.45, 7) is 18.1. The summed E-state index contributed by atoms with van der Waals surface area (Å²) < 4.78 is 0. The number of aryl methyl sites for hydroxylation is 1. The molecule has 1 nitrogen and oxygen atoms in total. The van der Waals surface area contributed by atoms with Crippen LogP contribution in [0.3, 0.4) is 0 Å². The zero-order valence-electron chi connectivity index (χ0n) is 16.0. The Labute approximate surface area is 154 Å². The van der Waals surface area contributed by atoms with E-state index in [2.05, 4.69) is 76.6 Å². The molecule has 1 rings (SSSR count). The predicted octanol–water partition coefficient (Wildman–Crippen LogP) is 6.33. The fourth-order valence-corrected chi connectivity index (χ4v) is 2.17. The number of allylic oxidation sites excluding steroid dienone is 11. The van der Waals surface area contributed by atoms with Crippen molar-refractivity contribution in [2.45, 2.75) is 20.8 Å². The molecule has 0 saturated heterocycles. The maximum Gasteiger partial charge on any atom is -0.0158 e. The predicted molar refractivity (Wildman–Crippen MR) is 115 cm³/mol. The van der Waals surface area contributed by atoms with Crippen molar-refractivity contribution in [1.82, 2.24) is 0 Å². The van der Waals surface area contributed by atoms with Crippen LogP contribution >= 0.6 is 0 Å². The van der Waals surface area contributed by atoms with Gasteiger partial charge >= 0.3 is 0 Å². The van der Waals surface area contributed by atoms with E-state index < -0.39 is 0 Å². The normalized spacial score (nSPS) is 12.4.